The van der Waals surface area contributed by atoms with Gasteiger partial charge >= 0.3 is 5.69 Å². The Morgan fingerprint density at radius 3 is 2.86 bits per heavy atom. The minimum Gasteiger partial charge on any atom is -0.376 e. The molecule has 1 aliphatic rings. The Balaban J connectivity index is 2.01. The molecule has 0 saturated carbocycles. The first kappa shape index (κ1) is 15.4. The summed E-state index contributed by atoms with van der Waals surface area (Å²) in [5, 5.41) is 17.7. The number of nitrogens with zero attached hydrogens (tertiary/aromatic N) is 3. The van der Waals surface area contributed by atoms with Gasteiger partial charge in [-0.05, 0) is 33.6 Å². The van der Waals surface area contributed by atoms with Gasteiger partial charge in [-0.3, -0.25) is 19.6 Å². The number of aryl methyl sites for hydroxylation is 1. The number of aromatic nitrogens is 2. The molecule has 0 spiro atoms. The molecule has 1 fully saturated rings. The predicted octanol–water partition coefficient (Wildman–Crippen LogP) is 1.34. The lowest BCUT2D eigenvalue weighted by atomic mass is 10.1. The predicted molar refractivity (Wildman–Crippen MR) is 74.9 cm³/mol. The molecule has 1 amide bonds. The quantitative estimate of drug-likeness (QED) is 0.653. The number of hydrogen-bond acceptors (Lipinski definition) is 5. The van der Waals surface area contributed by atoms with Crippen molar-refractivity contribution in [1.29, 1.82) is 0 Å². The van der Waals surface area contributed by atoms with Crippen molar-refractivity contribution in [3.63, 3.8) is 0 Å². The van der Waals surface area contributed by atoms with Gasteiger partial charge < -0.3 is 10.1 Å². The first-order chi connectivity index (χ1) is 9.90. The maximum absolute atomic E-state index is 12.2. The van der Waals surface area contributed by atoms with Crippen LogP contribution in [0.1, 0.15) is 38.4 Å². The SMILES string of the molecule is Cc1nn([C@H](C)C(=O)N[C@H](C)[C@H]2CCCO2)cc1[N+](=O)[O-]. The molecule has 1 aliphatic heterocycles. The van der Waals surface area contributed by atoms with Crippen LogP contribution in [0.3, 0.4) is 0 Å². The Morgan fingerprint density at radius 1 is 1.62 bits per heavy atom. The second-order valence-corrected chi connectivity index (χ2v) is 5.36. The highest BCUT2D eigenvalue weighted by molar-refractivity contribution is 5.80. The number of carbonyl (C=O) groups excluding carboxylic acids is 1. The number of amides is 1. The highest BCUT2D eigenvalue weighted by atomic mass is 16.6. The Bertz CT molecular complexity index is 536. The number of nitrogens with one attached hydrogen (secondary N) is 1. The van der Waals surface area contributed by atoms with Gasteiger partial charge in [-0.25, -0.2) is 0 Å². The zero-order valence-corrected chi connectivity index (χ0v) is 12.4. The molecule has 0 radical (unpaired) electrons. The Kier molecular flexibility index (Phi) is 4.56. The van der Waals surface area contributed by atoms with Crippen LogP contribution in [0.4, 0.5) is 5.69 Å². The molecule has 8 nitrogen and oxygen atoms in total. The second kappa shape index (κ2) is 6.21. The lowest BCUT2D eigenvalue weighted by Crippen LogP contribution is -2.43. The Morgan fingerprint density at radius 2 is 2.33 bits per heavy atom. The van der Waals surface area contributed by atoms with Gasteiger partial charge in [-0.2, -0.15) is 5.10 Å². The summed E-state index contributed by atoms with van der Waals surface area (Å²) in [5.41, 5.74) is 0.216. The van der Waals surface area contributed by atoms with Gasteiger partial charge in [0.1, 0.15) is 17.9 Å². The molecule has 1 aromatic heterocycles. The molecule has 21 heavy (non-hydrogen) atoms. The van der Waals surface area contributed by atoms with E-state index in [-0.39, 0.29) is 23.7 Å². The van der Waals surface area contributed by atoms with Crippen molar-refractivity contribution in [3.05, 3.63) is 22.0 Å². The average Bonchev–Trinajstić information content (AvgIpc) is 3.06. The summed E-state index contributed by atoms with van der Waals surface area (Å²) >= 11 is 0. The summed E-state index contributed by atoms with van der Waals surface area (Å²) in [6.45, 7) is 5.84. The molecule has 8 heteroatoms. The monoisotopic (exact) mass is 296 g/mol. The third-order valence-corrected chi connectivity index (χ3v) is 3.76. The van der Waals surface area contributed by atoms with Crippen LogP contribution in [0, 0.1) is 17.0 Å². The maximum atomic E-state index is 12.2. The number of nitro groups is 1. The first-order valence-corrected chi connectivity index (χ1v) is 7.02. The van der Waals surface area contributed by atoms with Gasteiger partial charge in [0.15, 0.2) is 0 Å². The summed E-state index contributed by atoms with van der Waals surface area (Å²) in [5.74, 6) is -0.226. The highest BCUT2D eigenvalue weighted by Gasteiger charge is 2.27. The van der Waals surface area contributed by atoms with Crippen molar-refractivity contribution < 1.29 is 14.5 Å². The van der Waals surface area contributed by atoms with E-state index in [2.05, 4.69) is 10.4 Å². The molecule has 1 aromatic rings. The van der Waals surface area contributed by atoms with Crippen LogP contribution >= 0.6 is 0 Å². The van der Waals surface area contributed by atoms with Crippen molar-refractivity contribution in [1.82, 2.24) is 15.1 Å². The molecule has 116 valence electrons. The van der Waals surface area contributed by atoms with Gasteiger partial charge in [-0.1, -0.05) is 0 Å². The van der Waals surface area contributed by atoms with Gasteiger partial charge in [-0.15, -0.1) is 0 Å². The van der Waals surface area contributed by atoms with E-state index in [1.54, 1.807) is 13.8 Å². The fourth-order valence-electron chi connectivity index (χ4n) is 2.40. The van der Waals surface area contributed by atoms with Crippen molar-refractivity contribution >= 4 is 11.6 Å². The van der Waals surface area contributed by atoms with Gasteiger partial charge in [0.05, 0.1) is 17.1 Å². The fourth-order valence-corrected chi connectivity index (χ4v) is 2.40. The van der Waals surface area contributed by atoms with E-state index in [0.717, 1.165) is 19.4 Å². The molecule has 2 rings (SSSR count). The topological polar surface area (TPSA) is 99.3 Å². The highest BCUT2D eigenvalue weighted by Crippen LogP contribution is 2.19. The molecule has 0 unspecified atom stereocenters. The molecule has 0 bridgehead atoms. The van der Waals surface area contributed by atoms with Crippen LogP contribution in [0.2, 0.25) is 0 Å². The largest absolute Gasteiger partial charge is 0.376 e. The summed E-state index contributed by atoms with van der Waals surface area (Å²) in [7, 11) is 0. The van der Waals surface area contributed by atoms with E-state index in [1.165, 1.54) is 10.9 Å². The molecular formula is C13H20N4O4. The first-order valence-electron chi connectivity index (χ1n) is 7.02. The molecular weight excluding hydrogens is 276 g/mol. The number of ether oxygens (including phenoxy) is 1. The zero-order valence-electron chi connectivity index (χ0n) is 12.4. The molecule has 1 N–H and O–H groups in total. The van der Waals surface area contributed by atoms with Crippen molar-refractivity contribution in [2.45, 2.75) is 51.8 Å². The molecule has 0 aromatic carbocycles. The number of carbonyl (C=O) groups is 1. The van der Waals surface area contributed by atoms with Crippen LogP contribution in [-0.2, 0) is 9.53 Å². The normalized spacial score (nSPS) is 21.0. The molecule has 1 saturated heterocycles. The standard InChI is InChI=1S/C13H20N4O4/c1-8-11(17(19)20)7-16(15-8)10(3)13(18)14-9(2)12-5-4-6-21-12/h7,9-10,12H,4-6H2,1-3H3,(H,14,18)/t9-,10-,12-/m1/s1. The third-order valence-electron chi connectivity index (χ3n) is 3.76. The van der Waals surface area contributed by atoms with Crippen molar-refractivity contribution in [2.75, 3.05) is 6.61 Å². The lowest BCUT2D eigenvalue weighted by Gasteiger charge is -2.22. The minimum absolute atomic E-state index is 0.0369. The Labute approximate surface area is 122 Å². The van der Waals surface area contributed by atoms with Gasteiger partial charge in [0, 0.05) is 6.61 Å². The fraction of sp³-hybridized carbons (Fsp3) is 0.692. The lowest BCUT2D eigenvalue weighted by molar-refractivity contribution is -0.385. The van der Waals surface area contributed by atoms with Crippen molar-refractivity contribution in [2.24, 2.45) is 0 Å². The molecule has 2 heterocycles. The molecule has 3 atom stereocenters. The van der Waals surface area contributed by atoms with E-state index in [4.69, 9.17) is 4.74 Å². The van der Waals surface area contributed by atoms with E-state index in [9.17, 15) is 14.9 Å². The summed E-state index contributed by atoms with van der Waals surface area (Å²) < 4.78 is 6.85. The maximum Gasteiger partial charge on any atom is 0.309 e. The Hall–Kier alpha value is -1.96. The average molecular weight is 296 g/mol. The van der Waals surface area contributed by atoms with Crippen LogP contribution in [0.15, 0.2) is 6.20 Å². The van der Waals surface area contributed by atoms with E-state index >= 15 is 0 Å². The number of hydrogen-bond donors (Lipinski definition) is 1. The second-order valence-electron chi connectivity index (χ2n) is 5.36. The third kappa shape index (κ3) is 3.38. The van der Waals surface area contributed by atoms with E-state index in [1.807, 2.05) is 6.92 Å². The minimum atomic E-state index is -0.610. The van der Waals surface area contributed by atoms with Crippen LogP contribution in [0.25, 0.3) is 0 Å². The summed E-state index contributed by atoms with van der Waals surface area (Å²) in [4.78, 5) is 22.5. The van der Waals surface area contributed by atoms with Crippen LogP contribution < -0.4 is 5.32 Å². The smallest absolute Gasteiger partial charge is 0.309 e. The van der Waals surface area contributed by atoms with Gasteiger partial charge in [0.2, 0.25) is 5.91 Å². The van der Waals surface area contributed by atoms with Crippen molar-refractivity contribution in [3.8, 4) is 0 Å². The number of rotatable bonds is 5. The summed E-state index contributed by atoms with van der Waals surface area (Å²) in [6, 6.07) is -0.699. The zero-order chi connectivity index (χ0) is 15.6. The summed E-state index contributed by atoms with van der Waals surface area (Å²) in [6.07, 6.45) is 3.26. The van der Waals surface area contributed by atoms with Crippen LogP contribution in [-0.4, -0.2) is 39.4 Å². The van der Waals surface area contributed by atoms with Crippen LogP contribution in [0.5, 0.6) is 0 Å². The van der Waals surface area contributed by atoms with Gasteiger partial charge in [0.25, 0.3) is 0 Å². The molecule has 0 aliphatic carbocycles. The van der Waals surface area contributed by atoms with E-state index < -0.39 is 11.0 Å². The van der Waals surface area contributed by atoms with E-state index in [0.29, 0.717) is 5.69 Å².